The first-order chi connectivity index (χ1) is 8.44. The van der Waals surface area contributed by atoms with Crippen LogP contribution in [0.1, 0.15) is 18.4 Å². The molecule has 0 heterocycles. The number of nitrogens with two attached hydrogens (primary N) is 1. The van der Waals surface area contributed by atoms with Gasteiger partial charge in [0.2, 0.25) is 10.0 Å². The SMILES string of the molecule is CS(=O)(=O)NCc1cc(OCC2CC2)ccc1N. The van der Waals surface area contributed by atoms with Gasteiger partial charge in [0.15, 0.2) is 0 Å². The van der Waals surface area contributed by atoms with Crippen LogP contribution in [0.25, 0.3) is 0 Å². The van der Waals surface area contributed by atoms with Gasteiger partial charge in [0, 0.05) is 12.2 Å². The molecule has 0 unspecified atom stereocenters. The Hall–Kier alpha value is -1.27. The maximum Gasteiger partial charge on any atom is 0.209 e. The highest BCUT2D eigenvalue weighted by Crippen LogP contribution is 2.30. The Morgan fingerprint density at radius 3 is 2.78 bits per heavy atom. The molecule has 6 heteroatoms. The number of nitrogen functional groups attached to an aromatic ring is 1. The number of ether oxygens (including phenoxy) is 1. The zero-order chi connectivity index (χ0) is 13.2. The van der Waals surface area contributed by atoms with E-state index in [4.69, 9.17) is 10.5 Å². The summed E-state index contributed by atoms with van der Waals surface area (Å²) < 4.78 is 30.1. The number of hydrogen-bond donors (Lipinski definition) is 2. The van der Waals surface area contributed by atoms with E-state index in [0.29, 0.717) is 11.6 Å². The van der Waals surface area contributed by atoms with E-state index < -0.39 is 10.0 Å². The average Bonchev–Trinajstić information content (AvgIpc) is 3.09. The fourth-order valence-electron chi connectivity index (χ4n) is 1.53. The van der Waals surface area contributed by atoms with Gasteiger partial charge in [-0.3, -0.25) is 0 Å². The molecular weight excluding hydrogens is 252 g/mol. The van der Waals surface area contributed by atoms with Crippen LogP contribution in [-0.2, 0) is 16.6 Å². The zero-order valence-electron chi connectivity index (χ0n) is 10.3. The number of anilines is 1. The smallest absolute Gasteiger partial charge is 0.209 e. The first-order valence-corrected chi connectivity index (χ1v) is 7.79. The lowest BCUT2D eigenvalue weighted by Gasteiger charge is -2.10. The molecule has 1 aromatic rings. The molecule has 1 fully saturated rings. The summed E-state index contributed by atoms with van der Waals surface area (Å²) in [5, 5.41) is 0. The fraction of sp³-hybridized carbons (Fsp3) is 0.500. The number of benzene rings is 1. The molecule has 0 bridgehead atoms. The minimum Gasteiger partial charge on any atom is -0.493 e. The van der Waals surface area contributed by atoms with Crippen LogP contribution in [0.2, 0.25) is 0 Å². The standard InChI is InChI=1S/C12H18N2O3S/c1-18(15,16)14-7-10-6-11(4-5-12(10)13)17-8-9-2-3-9/h4-6,9,14H,2-3,7-8,13H2,1H3. The Balaban J connectivity index is 2.00. The van der Waals surface area contributed by atoms with Crippen molar-refractivity contribution < 1.29 is 13.2 Å². The molecule has 0 amide bonds. The van der Waals surface area contributed by atoms with Gasteiger partial charge in [-0.1, -0.05) is 0 Å². The average molecular weight is 270 g/mol. The van der Waals surface area contributed by atoms with Crippen molar-refractivity contribution in [2.75, 3.05) is 18.6 Å². The topological polar surface area (TPSA) is 81.4 Å². The van der Waals surface area contributed by atoms with E-state index in [-0.39, 0.29) is 6.54 Å². The molecule has 0 aromatic heterocycles. The van der Waals surface area contributed by atoms with Crippen molar-refractivity contribution in [1.29, 1.82) is 0 Å². The van der Waals surface area contributed by atoms with Gasteiger partial charge in [0.05, 0.1) is 12.9 Å². The Kier molecular flexibility index (Phi) is 3.77. The van der Waals surface area contributed by atoms with Gasteiger partial charge in [-0.25, -0.2) is 13.1 Å². The van der Waals surface area contributed by atoms with Gasteiger partial charge in [-0.05, 0) is 42.5 Å². The van der Waals surface area contributed by atoms with Crippen molar-refractivity contribution in [3.8, 4) is 5.75 Å². The molecule has 18 heavy (non-hydrogen) atoms. The van der Waals surface area contributed by atoms with E-state index in [1.165, 1.54) is 12.8 Å². The Morgan fingerprint density at radius 2 is 2.17 bits per heavy atom. The molecule has 2 rings (SSSR count). The summed E-state index contributed by atoms with van der Waals surface area (Å²) >= 11 is 0. The van der Waals surface area contributed by atoms with Crippen LogP contribution in [0.15, 0.2) is 18.2 Å². The predicted octanol–water partition coefficient (Wildman–Crippen LogP) is 1.11. The third-order valence-corrected chi connectivity index (χ3v) is 3.49. The summed E-state index contributed by atoms with van der Waals surface area (Å²) in [5.41, 5.74) is 7.09. The van der Waals surface area contributed by atoms with Crippen molar-refractivity contribution in [1.82, 2.24) is 4.72 Å². The second-order valence-corrected chi connectivity index (χ2v) is 6.54. The van der Waals surface area contributed by atoms with E-state index in [1.807, 2.05) is 6.07 Å². The van der Waals surface area contributed by atoms with Crippen molar-refractivity contribution in [2.24, 2.45) is 5.92 Å². The van der Waals surface area contributed by atoms with Gasteiger partial charge < -0.3 is 10.5 Å². The molecule has 5 nitrogen and oxygen atoms in total. The van der Waals surface area contributed by atoms with Crippen molar-refractivity contribution in [2.45, 2.75) is 19.4 Å². The van der Waals surface area contributed by atoms with E-state index in [9.17, 15) is 8.42 Å². The Bertz CT molecular complexity index is 524. The number of hydrogen-bond acceptors (Lipinski definition) is 4. The van der Waals surface area contributed by atoms with E-state index >= 15 is 0 Å². The third-order valence-electron chi connectivity index (χ3n) is 2.82. The molecule has 0 aliphatic heterocycles. The van der Waals surface area contributed by atoms with Crippen LogP contribution in [0.3, 0.4) is 0 Å². The van der Waals surface area contributed by atoms with Crippen molar-refractivity contribution in [3.05, 3.63) is 23.8 Å². The van der Waals surface area contributed by atoms with Crippen LogP contribution in [-0.4, -0.2) is 21.3 Å². The minimum absolute atomic E-state index is 0.186. The summed E-state index contributed by atoms with van der Waals surface area (Å²) in [7, 11) is -3.21. The van der Waals surface area contributed by atoms with E-state index in [0.717, 1.165) is 24.2 Å². The quantitative estimate of drug-likeness (QED) is 0.759. The second-order valence-electron chi connectivity index (χ2n) is 4.71. The normalized spacial score (nSPS) is 15.6. The maximum absolute atomic E-state index is 11.0. The van der Waals surface area contributed by atoms with Gasteiger partial charge in [0.1, 0.15) is 5.75 Å². The fourth-order valence-corrected chi connectivity index (χ4v) is 1.95. The molecular formula is C12H18N2O3S. The molecule has 1 saturated carbocycles. The van der Waals surface area contributed by atoms with Crippen molar-refractivity contribution >= 4 is 15.7 Å². The van der Waals surface area contributed by atoms with E-state index in [1.54, 1.807) is 12.1 Å². The van der Waals surface area contributed by atoms with Gasteiger partial charge in [0.25, 0.3) is 0 Å². The summed E-state index contributed by atoms with van der Waals surface area (Å²) in [6.07, 6.45) is 3.59. The summed E-state index contributed by atoms with van der Waals surface area (Å²) in [4.78, 5) is 0. The molecule has 1 aliphatic carbocycles. The number of nitrogens with one attached hydrogen (secondary N) is 1. The highest BCUT2D eigenvalue weighted by Gasteiger charge is 2.21. The van der Waals surface area contributed by atoms with Gasteiger partial charge in [-0.15, -0.1) is 0 Å². The highest BCUT2D eigenvalue weighted by molar-refractivity contribution is 7.88. The molecule has 0 atom stereocenters. The molecule has 3 N–H and O–H groups in total. The molecule has 0 saturated heterocycles. The highest BCUT2D eigenvalue weighted by atomic mass is 32.2. The molecule has 100 valence electrons. The number of sulfonamides is 1. The van der Waals surface area contributed by atoms with Crippen LogP contribution < -0.4 is 15.2 Å². The lowest BCUT2D eigenvalue weighted by Crippen LogP contribution is -2.21. The van der Waals surface area contributed by atoms with Crippen molar-refractivity contribution in [3.63, 3.8) is 0 Å². The summed E-state index contributed by atoms with van der Waals surface area (Å²) in [6, 6.07) is 5.33. The Morgan fingerprint density at radius 1 is 1.44 bits per heavy atom. The lowest BCUT2D eigenvalue weighted by atomic mass is 10.2. The lowest BCUT2D eigenvalue weighted by molar-refractivity contribution is 0.299. The molecule has 1 aromatic carbocycles. The van der Waals surface area contributed by atoms with E-state index in [2.05, 4.69) is 4.72 Å². The van der Waals surface area contributed by atoms with Gasteiger partial charge in [-0.2, -0.15) is 0 Å². The molecule has 0 spiro atoms. The zero-order valence-corrected chi connectivity index (χ0v) is 11.2. The first kappa shape index (κ1) is 13.2. The summed E-state index contributed by atoms with van der Waals surface area (Å²) in [5.74, 6) is 1.42. The van der Waals surface area contributed by atoms with Gasteiger partial charge >= 0.3 is 0 Å². The largest absolute Gasteiger partial charge is 0.493 e. The van der Waals surface area contributed by atoms with Crippen LogP contribution in [0, 0.1) is 5.92 Å². The first-order valence-electron chi connectivity index (χ1n) is 5.90. The molecule has 0 radical (unpaired) electrons. The number of rotatable bonds is 6. The minimum atomic E-state index is -3.21. The van der Waals surface area contributed by atoms with Crippen LogP contribution >= 0.6 is 0 Å². The summed E-state index contributed by atoms with van der Waals surface area (Å²) in [6.45, 7) is 0.911. The Labute approximate surface area is 107 Å². The van der Waals surface area contributed by atoms with Crippen LogP contribution in [0.4, 0.5) is 5.69 Å². The maximum atomic E-state index is 11.0. The van der Waals surface area contributed by atoms with Crippen LogP contribution in [0.5, 0.6) is 5.75 Å². The molecule has 1 aliphatic rings. The second kappa shape index (κ2) is 5.16. The predicted molar refractivity (Wildman–Crippen MR) is 70.8 cm³/mol. The monoisotopic (exact) mass is 270 g/mol. The third kappa shape index (κ3) is 4.19.